The number of rotatable bonds is 6. The molecule has 1 aromatic heterocycles. The van der Waals surface area contributed by atoms with Crippen LogP contribution in [-0.4, -0.2) is 26.4 Å². The lowest BCUT2D eigenvalue weighted by Gasteiger charge is -2.10. The highest BCUT2D eigenvalue weighted by atomic mass is 35.5. The molecule has 0 saturated carbocycles. The van der Waals surface area contributed by atoms with E-state index in [1.807, 2.05) is 0 Å². The molecule has 0 aliphatic heterocycles. The maximum atomic E-state index is 12.5. The highest BCUT2D eigenvalue weighted by molar-refractivity contribution is 7.92. The molecule has 1 heterocycles. The predicted octanol–water partition coefficient (Wildman–Crippen LogP) is 3.80. The topological polar surface area (TPSA) is 97.4 Å². The number of aromatic nitrogens is 1. The number of pyridine rings is 1. The van der Waals surface area contributed by atoms with Gasteiger partial charge in [-0.2, -0.15) is 0 Å². The fraction of sp³-hybridized carbons (Fsp3) is 0.0526. The molecular formula is C19H16ClN3O4S. The number of hydrogen-bond donors (Lipinski definition) is 2. The molecule has 0 atom stereocenters. The average Bonchev–Trinajstić information content (AvgIpc) is 2.69. The van der Waals surface area contributed by atoms with Crippen molar-refractivity contribution in [3.63, 3.8) is 0 Å². The van der Waals surface area contributed by atoms with Crippen LogP contribution in [-0.2, 0) is 10.0 Å². The van der Waals surface area contributed by atoms with Crippen LogP contribution in [0.25, 0.3) is 0 Å². The van der Waals surface area contributed by atoms with Crippen LogP contribution in [0.4, 0.5) is 11.4 Å². The summed E-state index contributed by atoms with van der Waals surface area (Å²) in [6, 6.07) is 13.9. The SMILES string of the molecule is COc1ccc(NC(=O)c2cncc(NS(=O)(=O)c3ccc(Cl)cc3)c2)cc1. The Labute approximate surface area is 167 Å². The number of benzene rings is 2. The Bertz CT molecular complexity index is 1080. The Balaban J connectivity index is 1.75. The van der Waals surface area contributed by atoms with Gasteiger partial charge in [0.05, 0.1) is 29.5 Å². The van der Waals surface area contributed by atoms with Gasteiger partial charge < -0.3 is 10.1 Å². The first-order valence-corrected chi connectivity index (χ1v) is 9.92. The van der Waals surface area contributed by atoms with E-state index in [0.29, 0.717) is 16.5 Å². The van der Waals surface area contributed by atoms with Crippen LogP contribution >= 0.6 is 11.6 Å². The van der Waals surface area contributed by atoms with Gasteiger partial charge in [0.25, 0.3) is 15.9 Å². The summed E-state index contributed by atoms with van der Waals surface area (Å²) in [5.74, 6) is 0.239. The van der Waals surface area contributed by atoms with Gasteiger partial charge in [-0.25, -0.2) is 8.42 Å². The lowest BCUT2D eigenvalue weighted by Crippen LogP contribution is -2.15. The van der Waals surface area contributed by atoms with E-state index >= 15 is 0 Å². The largest absolute Gasteiger partial charge is 0.497 e. The number of methoxy groups -OCH3 is 1. The van der Waals surface area contributed by atoms with E-state index in [4.69, 9.17) is 16.3 Å². The van der Waals surface area contributed by atoms with Crippen LogP contribution in [0.3, 0.4) is 0 Å². The zero-order valence-electron chi connectivity index (χ0n) is 14.7. The van der Waals surface area contributed by atoms with Crippen molar-refractivity contribution in [3.8, 4) is 5.75 Å². The molecule has 0 spiro atoms. The number of carbonyl (C=O) groups is 1. The molecule has 0 fully saturated rings. The summed E-state index contributed by atoms with van der Waals surface area (Å²) < 4.78 is 32.4. The molecule has 2 aromatic carbocycles. The first-order valence-electron chi connectivity index (χ1n) is 8.06. The van der Waals surface area contributed by atoms with Crippen molar-refractivity contribution in [1.82, 2.24) is 4.98 Å². The summed E-state index contributed by atoms with van der Waals surface area (Å²) in [6.07, 6.45) is 2.66. The third kappa shape index (κ3) is 4.79. The summed E-state index contributed by atoms with van der Waals surface area (Å²) in [6.45, 7) is 0. The average molecular weight is 418 g/mol. The monoisotopic (exact) mass is 417 g/mol. The highest BCUT2D eigenvalue weighted by Crippen LogP contribution is 2.20. The number of carbonyl (C=O) groups excluding carboxylic acids is 1. The van der Waals surface area contributed by atoms with Gasteiger partial charge in [0.15, 0.2) is 0 Å². The molecule has 0 saturated heterocycles. The van der Waals surface area contributed by atoms with E-state index < -0.39 is 15.9 Å². The van der Waals surface area contributed by atoms with Gasteiger partial charge in [0, 0.05) is 16.9 Å². The van der Waals surface area contributed by atoms with E-state index in [1.54, 1.807) is 31.4 Å². The third-order valence-electron chi connectivity index (χ3n) is 3.72. The van der Waals surface area contributed by atoms with Crippen molar-refractivity contribution in [3.05, 3.63) is 77.6 Å². The van der Waals surface area contributed by atoms with E-state index in [9.17, 15) is 13.2 Å². The minimum atomic E-state index is -3.83. The molecule has 9 heteroatoms. The molecule has 0 aliphatic rings. The predicted molar refractivity (Wildman–Crippen MR) is 107 cm³/mol. The van der Waals surface area contributed by atoms with Crippen molar-refractivity contribution < 1.29 is 17.9 Å². The maximum Gasteiger partial charge on any atom is 0.261 e. The first kappa shape index (κ1) is 19.7. The number of ether oxygens (including phenoxy) is 1. The molecular weight excluding hydrogens is 402 g/mol. The molecule has 28 heavy (non-hydrogen) atoms. The van der Waals surface area contributed by atoms with Crippen molar-refractivity contribution >= 4 is 38.9 Å². The number of nitrogens with zero attached hydrogens (tertiary/aromatic N) is 1. The molecule has 0 radical (unpaired) electrons. The van der Waals surface area contributed by atoms with Gasteiger partial charge in [-0.15, -0.1) is 0 Å². The zero-order valence-corrected chi connectivity index (χ0v) is 16.3. The van der Waals surface area contributed by atoms with E-state index in [2.05, 4.69) is 15.0 Å². The molecule has 0 unspecified atom stereocenters. The summed E-state index contributed by atoms with van der Waals surface area (Å²) in [5, 5.41) is 3.14. The Morgan fingerprint density at radius 2 is 1.68 bits per heavy atom. The maximum absolute atomic E-state index is 12.5. The Morgan fingerprint density at radius 3 is 2.32 bits per heavy atom. The molecule has 3 rings (SSSR count). The van der Waals surface area contributed by atoms with E-state index in [-0.39, 0.29) is 16.1 Å². The van der Waals surface area contributed by atoms with Crippen molar-refractivity contribution in [2.75, 3.05) is 17.1 Å². The summed E-state index contributed by atoms with van der Waals surface area (Å²) in [7, 11) is -2.28. The summed E-state index contributed by atoms with van der Waals surface area (Å²) >= 11 is 5.78. The fourth-order valence-corrected chi connectivity index (χ4v) is 3.49. The van der Waals surface area contributed by atoms with Gasteiger partial charge in [0.1, 0.15) is 5.75 Å². The van der Waals surface area contributed by atoms with Crippen LogP contribution in [0.15, 0.2) is 71.9 Å². The quantitative estimate of drug-likeness (QED) is 0.635. The lowest BCUT2D eigenvalue weighted by atomic mass is 10.2. The number of halogens is 1. The Kier molecular flexibility index (Phi) is 5.81. The molecule has 144 valence electrons. The number of hydrogen-bond acceptors (Lipinski definition) is 5. The van der Waals surface area contributed by atoms with Crippen LogP contribution in [0.5, 0.6) is 5.75 Å². The van der Waals surface area contributed by atoms with Crippen LogP contribution in [0.2, 0.25) is 5.02 Å². The zero-order chi connectivity index (χ0) is 20.1. The number of amides is 1. The van der Waals surface area contributed by atoms with E-state index in [0.717, 1.165) is 0 Å². The molecule has 0 bridgehead atoms. The van der Waals surface area contributed by atoms with Gasteiger partial charge in [-0.1, -0.05) is 11.6 Å². The first-order chi connectivity index (χ1) is 13.4. The second-order valence-corrected chi connectivity index (χ2v) is 7.82. The number of nitrogens with one attached hydrogen (secondary N) is 2. The lowest BCUT2D eigenvalue weighted by molar-refractivity contribution is 0.102. The Hall–Kier alpha value is -3.10. The fourth-order valence-electron chi connectivity index (χ4n) is 2.33. The summed E-state index contributed by atoms with van der Waals surface area (Å²) in [5.41, 5.74) is 0.933. The normalized spacial score (nSPS) is 10.9. The Morgan fingerprint density at radius 1 is 1.00 bits per heavy atom. The smallest absolute Gasteiger partial charge is 0.261 e. The second kappa shape index (κ2) is 8.28. The molecule has 1 amide bonds. The third-order valence-corrected chi connectivity index (χ3v) is 5.37. The van der Waals surface area contributed by atoms with Crippen LogP contribution < -0.4 is 14.8 Å². The molecule has 0 aliphatic carbocycles. The molecule has 2 N–H and O–H groups in total. The minimum absolute atomic E-state index is 0.0463. The van der Waals surface area contributed by atoms with Crippen molar-refractivity contribution in [1.29, 1.82) is 0 Å². The minimum Gasteiger partial charge on any atom is -0.497 e. The number of anilines is 2. The summed E-state index contributed by atoms with van der Waals surface area (Å²) in [4.78, 5) is 16.4. The second-order valence-electron chi connectivity index (χ2n) is 5.70. The van der Waals surface area contributed by atoms with Gasteiger partial charge >= 0.3 is 0 Å². The van der Waals surface area contributed by atoms with Gasteiger partial charge in [0.2, 0.25) is 0 Å². The van der Waals surface area contributed by atoms with Crippen LogP contribution in [0, 0.1) is 0 Å². The standard InChI is InChI=1S/C19H16ClN3O4S/c1-27-17-6-4-15(5-7-17)22-19(24)13-10-16(12-21-11-13)23-28(25,26)18-8-2-14(20)3-9-18/h2-12,23H,1H3,(H,22,24). The van der Waals surface area contributed by atoms with Crippen molar-refractivity contribution in [2.45, 2.75) is 4.90 Å². The molecule has 3 aromatic rings. The van der Waals surface area contributed by atoms with Gasteiger partial charge in [-0.3, -0.25) is 14.5 Å². The van der Waals surface area contributed by atoms with Crippen LogP contribution in [0.1, 0.15) is 10.4 Å². The van der Waals surface area contributed by atoms with Gasteiger partial charge in [-0.05, 0) is 54.6 Å². The highest BCUT2D eigenvalue weighted by Gasteiger charge is 2.15. The van der Waals surface area contributed by atoms with E-state index in [1.165, 1.54) is 42.7 Å². The van der Waals surface area contributed by atoms with Crippen molar-refractivity contribution in [2.24, 2.45) is 0 Å². The number of sulfonamides is 1. The molecule has 7 nitrogen and oxygen atoms in total.